The van der Waals surface area contributed by atoms with E-state index < -0.39 is 60.3 Å². The van der Waals surface area contributed by atoms with Gasteiger partial charge in [0, 0.05) is 19.5 Å². The number of hydrogen-bond donors (Lipinski definition) is 7. The zero-order chi connectivity index (χ0) is 25.5. The summed E-state index contributed by atoms with van der Waals surface area (Å²) in [6.07, 6.45) is -5.59. The summed E-state index contributed by atoms with van der Waals surface area (Å²) in [5.74, 6) is -1.77. The zero-order valence-corrected chi connectivity index (χ0v) is 21.1. The number of aliphatic hydroxyl groups is 4. The maximum Gasteiger partial charge on any atom is 0.249 e. The van der Waals surface area contributed by atoms with Gasteiger partial charge in [-0.15, -0.1) is 0 Å². The Bertz CT molecular complexity index is 858. The van der Waals surface area contributed by atoms with E-state index in [1.165, 1.54) is 5.56 Å². The highest BCUT2D eigenvalue weighted by atomic mass is 16.8. The summed E-state index contributed by atoms with van der Waals surface area (Å²) < 4.78 is 18.0. The molecule has 2 saturated heterocycles. The average molecular weight is 496 g/mol. The van der Waals surface area contributed by atoms with E-state index in [0.29, 0.717) is 12.5 Å². The van der Waals surface area contributed by atoms with Crippen LogP contribution in [0.5, 0.6) is 0 Å². The summed E-state index contributed by atoms with van der Waals surface area (Å²) >= 11 is 0. The van der Waals surface area contributed by atoms with Crippen LogP contribution in [0, 0.1) is 0 Å². The summed E-state index contributed by atoms with van der Waals surface area (Å²) in [6.45, 7) is 6.59. The van der Waals surface area contributed by atoms with Crippen molar-refractivity contribution in [1.29, 1.82) is 0 Å². The third-order valence-electron chi connectivity index (χ3n) is 7.74. The Kier molecular flexibility index (Phi) is 7.90. The molecule has 1 aliphatic carbocycles. The van der Waals surface area contributed by atoms with Crippen molar-refractivity contribution in [2.75, 3.05) is 20.6 Å². The number of ether oxygens (including phenoxy) is 3. The first-order chi connectivity index (χ1) is 16.5. The number of fused-ring (bicyclic) bond motifs is 2. The van der Waals surface area contributed by atoms with Gasteiger partial charge in [0.15, 0.2) is 0 Å². The Morgan fingerprint density at radius 3 is 2.23 bits per heavy atom. The molecule has 3 fully saturated rings. The normalized spacial score (nSPS) is 43.6. The van der Waals surface area contributed by atoms with Crippen molar-refractivity contribution in [3.63, 3.8) is 0 Å². The highest BCUT2D eigenvalue weighted by Crippen LogP contribution is 2.46. The molecule has 10 nitrogen and oxygen atoms in total. The van der Waals surface area contributed by atoms with Gasteiger partial charge in [0.05, 0.1) is 24.3 Å². The number of benzene rings is 1. The van der Waals surface area contributed by atoms with Gasteiger partial charge in [0.2, 0.25) is 12.1 Å². The molecule has 0 radical (unpaired) electrons. The number of aliphatic hydroxyl groups excluding tert-OH is 2. The molecule has 1 saturated carbocycles. The SMILES string of the molecule is CN[C@@H]1[C@H](O)[C@H](NC)[C@H]2O[C@]3(O)C(O[C@@H]2[C@H]1O)O[C@H](C)C[C@@]3(O)CNCc1ccc(C(C)C)cc1. The first kappa shape index (κ1) is 26.9. The number of nitrogens with one attached hydrogen (secondary N) is 3. The van der Waals surface area contributed by atoms with Crippen molar-refractivity contribution >= 4 is 0 Å². The van der Waals surface area contributed by atoms with Crippen molar-refractivity contribution in [1.82, 2.24) is 16.0 Å². The Labute approximate surface area is 207 Å². The van der Waals surface area contributed by atoms with Crippen LogP contribution >= 0.6 is 0 Å². The van der Waals surface area contributed by atoms with E-state index >= 15 is 0 Å². The molecule has 2 heterocycles. The van der Waals surface area contributed by atoms with E-state index in [1.807, 2.05) is 12.1 Å². The van der Waals surface area contributed by atoms with Crippen LogP contribution in [0.3, 0.4) is 0 Å². The molecule has 10 atom stereocenters. The first-order valence-electron chi connectivity index (χ1n) is 12.5. The lowest BCUT2D eigenvalue weighted by Crippen LogP contribution is -2.81. The van der Waals surface area contributed by atoms with E-state index in [9.17, 15) is 20.4 Å². The summed E-state index contributed by atoms with van der Waals surface area (Å²) in [6, 6.07) is 6.92. The molecule has 198 valence electrons. The van der Waals surface area contributed by atoms with Crippen LogP contribution in [0.1, 0.15) is 44.2 Å². The number of rotatable bonds is 7. The second-order valence-corrected chi connectivity index (χ2v) is 10.5. The largest absolute Gasteiger partial charge is 0.390 e. The van der Waals surface area contributed by atoms with E-state index in [1.54, 1.807) is 21.0 Å². The van der Waals surface area contributed by atoms with Crippen molar-refractivity contribution in [3.05, 3.63) is 35.4 Å². The van der Waals surface area contributed by atoms with Gasteiger partial charge in [-0.1, -0.05) is 38.1 Å². The van der Waals surface area contributed by atoms with Crippen LogP contribution in [0.2, 0.25) is 0 Å². The van der Waals surface area contributed by atoms with E-state index in [-0.39, 0.29) is 13.0 Å². The summed E-state index contributed by atoms with van der Waals surface area (Å²) in [5, 5.41) is 54.3. The average Bonchev–Trinajstić information content (AvgIpc) is 2.80. The van der Waals surface area contributed by atoms with Crippen LogP contribution in [-0.4, -0.2) is 101 Å². The van der Waals surface area contributed by atoms with Gasteiger partial charge >= 0.3 is 0 Å². The molecular formula is C25H41N3O7. The highest BCUT2D eigenvalue weighted by Gasteiger charge is 2.68. The lowest BCUT2D eigenvalue weighted by Gasteiger charge is -2.60. The van der Waals surface area contributed by atoms with Crippen molar-refractivity contribution < 1.29 is 34.6 Å². The minimum Gasteiger partial charge on any atom is -0.390 e. The topological polar surface area (TPSA) is 145 Å². The Hall–Kier alpha value is -1.18. The third-order valence-corrected chi connectivity index (χ3v) is 7.74. The summed E-state index contributed by atoms with van der Waals surface area (Å²) in [7, 11) is 3.30. The van der Waals surface area contributed by atoms with Gasteiger partial charge < -0.3 is 50.6 Å². The molecule has 1 aromatic rings. The lowest BCUT2D eigenvalue weighted by atomic mass is 9.77. The summed E-state index contributed by atoms with van der Waals surface area (Å²) in [5.41, 5.74) is 0.558. The number of likely N-dealkylation sites (N-methyl/N-ethyl adjacent to an activating group) is 2. The Morgan fingerprint density at radius 1 is 0.971 bits per heavy atom. The second-order valence-electron chi connectivity index (χ2n) is 10.5. The van der Waals surface area contributed by atoms with E-state index in [0.717, 1.165) is 5.56 Å². The molecule has 0 spiro atoms. The van der Waals surface area contributed by atoms with Crippen LogP contribution in [0.4, 0.5) is 0 Å². The van der Waals surface area contributed by atoms with E-state index in [4.69, 9.17) is 14.2 Å². The Balaban J connectivity index is 1.53. The van der Waals surface area contributed by atoms with Crippen LogP contribution in [-0.2, 0) is 20.8 Å². The fraction of sp³-hybridized carbons (Fsp3) is 0.760. The summed E-state index contributed by atoms with van der Waals surface area (Å²) in [4.78, 5) is 0. The molecule has 3 aliphatic rings. The fourth-order valence-electron chi connectivity index (χ4n) is 5.66. The van der Waals surface area contributed by atoms with Gasteiger partial charge in [-0.3, -0.25) is 0 Å². The van der Waals surface area contributed by atoms with Crippen LogP contribution in [0.25, 0.3) is 0 Å². The van der Waals surface area contributed by atoms with Crippen molar-refractivity contribution in [2.45, 2.75) is 99.9 Å². The standard InChI is InChI=1S/C25H41N3O7/c1-13(2)16-8-6-15(7-9-16)11-28-12-24(31)10-14(3)33-23-25(24,32)35-21-18(27-5)19(29)17(26-4)20(30)22(21)34-23/h6-9,13-14,17-23,26-32H,10-12H2,1-5H3/t14-,17-,18+,19+,20+,21-,22-,23?,24-,25-/m1/s1. The Morgan fingerprint density at radius 2 is 1.63 bits per heavy atom. The molecule has 4 rings (SSSR count). The first-order valence-corrected chi connectivity index (χ1v) is 12.5. The third kappa shape index (κ3) is 4.77. The molecule has 7 N–H and O–H groups in total. The van der Waals surface area contributed by atoms with E-state index in [2.05, 4.69) is 41.9 Å². The quantitative estimate of drug-likeness (QED) is 0.255. The smallest absolute Gasteiger partial charge is 0.249 e. The van der Waals surface area contributed by atoms with Gasteiger partial charge in [-0.25, -0.2) is 0 Å². The maximum absolute atomic E-state index is 11.7. The molecule has 1 aromatic carbocycles. The molecule has 35 heavy (non-hydrogen) atoms. The van der Waals surface area contributed by atoms with Crippen molar-refractivity contribution in [2.24, 2.45) is 0 Å². The van der Waals surface area contributed by atoms with Gasteiger partial charge in [0.1, 0.15) is 23.9 Å². The van der Waals surface area contributed by atoms with Crippen LogP contribution < -0.4 is 16.0 Å². The van der Waals surface area contributed by atoms with Crippen LogP contribution in [0.15, 0.2) is 24.3 Å². The van der Waals surface area contributed by atoms with Gasteiger partial charge in [-0.2, -0.15) is 0 Å². The fourth-order valence-corrected chi connectivity index (χ4v) is 5.66. The van der Waals surface area contributed by atoms with Crippen molar-refractivity contribution in [3.8, 4) is 0 Å². The molecule has 1 unspecified atom stereocenters. The minimum atomic E-state index is -2.21. The molecule has 0 amide bonds. The zero-order valence-electron chi connectivity index (χ0n) is 21.1. The second kappa shape index (κ2) is 10.3. The lowest BCUT2D eigenvalue weighted by molar-refractivity contribution is -0.482. The minimum absolute atomic E-state index is 0.0227. The number of hydrogen-bond acceptors (Lipinski definition) is 10. The predicted molar refractivity (Wildman–Crippen MR) is 129 cm³/mol. The molecule has 0 bridgehead atoms. The molecule has 0 aromatic heterocycles. The highest BCUT2D eigenvalue weighted by molar-refractivity contribution is 5.24. The maximum atomic E-state index is 11.7. The molecule has 2 aliphatic heterocycles. The van der Waals surface area contributed by atoms with Gasteiger partial charge in [0.25, 0.3) is 0 Å². The monoisotopic (exact) mass is 495 g/mol. The van der Waals surface area contributed by atoms with Gasteiger partial charge in [-0.05, 0) is 38.1 Å². The predicted octanol–water partition coefficient (Wildman–Crippen LogP) is -0.850. The molecular weight excluding hydrogens is 454 g/mol. The molecule has 10 heteroatoms.